The molecule has 0 saturated carbocycles. The molecule has 2 heterocycles. The van der Waals surface area contributed by atoms with Crippen LogP contribution in [-0.4, -0.2) is 38.7 Å². The van der Waals surface area contributed by atoms with Gasteiger partial charge in [-0.2, -0.15) is 0 Å². The predicted molar refractivity (Wildman–Crippen MR) is 131 cm³/mol. The summed E-state index contributed by atoms with van der Waals surface area (Å²) in [4.78, 5) is 13.0. The third kappa shape index (κ3) is 7.12. The van der Waals surface area contributed by atoms with Crippen LogP contribution in [0.1, 0.15) is 24.2 Å². The zero-order valence-corrected chi connectivity index (χ0v) is 20.1. The normalized spacial score (nSPS) is 12.2. The van der Waals surface area contributed by atoms with Gasteiger partial charge >= 0.3 is 0 Å². The van der Waals surface area contributed by atoms with Gasteiger partial charge in [0.15, 0.2) is 5.96 Å². The van der Waals surface area contributed by atoms with E-state index in [4.69, 9.17) is 23.2 Å². The summed E-state index contributed by atoms with van der Waals surface area (Å²) in [5.74, 6) is 1.39. The maximum absolute atomic E-state index is 10.4. The van der Waals surface area contributed by atoms with Crippen molar-refractivity contribution in [1.82, 2.24) is 25.2 Å². The van der Waals surface area contributed by atoms with Crippen molar-refractivity contribution < 1.29 is 5.11 Å². The zero-order chi connectivity index (χ0) is 20.6. The number of nitrogens with one attached hydrogen (secondary N) is 2. The van der Waals surface area contributed by atoms with Crippen LogP contribution in [0.5, 0.6) is 0 Å². The van der Waals surface area contributed by atoms with Crippen molar-refractivity contribution in [1.29, 1.82) is 0 Å². The highest BCUT2D eigenvalue weighted by molar-refractivity contribution is 14.0. The van der Waals surface area contributed by atoms with E-state index >= 15 is 0 Å². The lowest BCUT2D eigenvalue weighted by molar-refractivity contribution is 0.181. The molecule has 2 aromatic heterocycles. The molecule has 0 bridgehead atoms. The van der Waals surface area contributed by atoms with Crippen molar-refractivity contribution in [3.8, 4) is 5.82 Å². The molecule has 1 atom stereocenters. The maximum Gasteiger partial charge on any atom is 0.191 e. The molecular weight excluding hydrogens is 538 g/mol. The monoisotopic (exact) mass is 560 g/mol. The number of guanidine groups is 1. The van der Waals surface area contributed by atoms with E-state index < -0.39 is 6.10 Å². The Hall–Kier alpha value is -1.88. The lowest BCUT2D eigenvalue weighted by Crippen LogP contribution is -2.39. The number of nitrogens with zero attached hydrogens (tertiary/aromatic N) is 4. The number of pyridine rings is 1. The number of aliphatic imine (C=N–C) groups is 1. The fourth-order valence-electron chi connectivity index (χ4n) is 2.65. The zero-order valence-electron chi connectivity index (χ0n) is 16.3. The lowest BCUT2D eigenvalue weighted by atomic mass is 10.1. The van der Waals surface area contributed by atoms with Crippen LogP contribution >= 0.6 is 47.2 Å². The fourth-order valence-corrected chi connectivity index (χ4v) is 3.19. The third-order valence-electron chi connectivity index (χ3n) is 4.07. The van der Waals surface area contributed by atoms with E-state index in [0.29, 0.717) is 34.7 Å². The second kappa shape index (κ2) is 12.1. The highest BCUT2D eigenvalue weighted by atomic mass is 127. The molecule has 0 fully saturated rings. The van der Waals surface area contributed by atoms with E-state index in [1.54, 1.807) is 36.9 Å². The first-order chi connectivity index (χ1) is 14.0. The summed E-state index contributed by atoms with van der Waals surface area (Å²) in [5.41, 5.74) is 1.61. The minimum atomic E-state index is -0.772. The molecule has 3 N–H and O–H groups in total. The highest BCUT2D eigenvalue weighted by Gasteiger charge is 2.10. The SMILES string of the molecule is CCNC(=NCc1ccc(-n2ccnc2)nc1)NCC(O)c1cc(Cl)cc(Cl)c1.I. The minimum Gasteiger partial charge on any atom is -0.387 e. The van der Waals surface area contributed by atoms with Gasteiger partial charge in [-0.25, -0.2) is 15.0 Å². The largest absolute Gasteiger partial charge is 0.387 e. The topological polar surface area (TPSA) is 87.4 Å². The van der Waals surface area contributed by atoms with Gasteiger partial charge in [-0.15, -0.1) is 24.0 Å². The van der Waals surface area contributed by atoms with Gasteiger partial charge in [0.25, 0.3) is 0 Å². The van der Waals surface area contributed by atoms with E-state index in [0.717, 1.165) is 11.4 Å². The van der Waals surface area contributed by atoms with Crippen LogP contribution in [0.15, 0.2) is 60.2 Å². The molecule has 10 heteroatoms. The number of aliphatic hydroxyl groups excluding tert-OH is 1. The Bertz CT molecular complexity index is 930. The number of aliphatic hydroxyl groups is 1. The molecule has 160 valence electrons. The fraction of sp³-hybridized carbons (Fsp3) is 0.250. The number of benzene rings is 1. The molecule has 0 spiro atoms. The van der Waals surface area contributed by atoms with Crippen LogP contribution in [0.4, 0.5) is 0 Å². The summed E-state index contributed by atoms with van der Waals surface area (Å²) in [6.07, 6.45) is 6.26. The van der Waals surface area contributed by atoms with E-state index in [1.807, 2.05) is 29.8 Å². The first-order valence-electron chi connectivity index (χ1n) is 9.14. The lowest BCUT2D eigenvalue weighted by Gasteiger charge is -2.16. The van der Waals surface area contributed by atoms with E-state index in [1.165, 1.54) is 0 Å². The maximum atomic E-state index is 10.4. The second-order valence-electron chi connectivity index (χ2n) is 6.29. The first kappa shape index (κ1) is 24.4. The van der Waals surface area contributed by atoms with Crippen molar-refractivity contribution in [2.24, 2.45) is 4.99 Å². The number of hydrogen-bond donors (Lipinski definition) is 3. The molecule has 1 aromatic carbocycles. The Morgan fingerprint density at radius 3 is 2.57 bits per heavy atom. The summed E-state index contributed by atoms with van der Waals surface area (Å²) >= 11 is 12.0. The molecule has 7 nitrogen and oxygen atoms in total. The summed E-state index contributed by atoms with van der Waals surface area (Å²) in [6.45, 7) is 3.39. The Labute approximate surface area is 202 Å². The minimum absolute atomic E-state index is 0. The molecular formula is C20H23Cl2IN6O. The molecule has 30 heavy (non-hydrogen) atoms. The van der Waals surface area contributed by atoms with Crippen molar-refractivity contribution >= 4 is 53.1 Å². The van der Waals surface area contributed by atoms with Crippen LogP contribution in [-0.2, 0) is 6.54 Å². The molecule has 3 aromatic rings. The quantitative estimate of drug-likeness (QED) is 0.231. The van der Waals surface area contributed by atoms with Gasteiger partial charge in [0.1, 0.15) is 12.1 Å². The van der Waals surface area contributed by atoms with E-state index in [9.17, 15) is 5.11 Å². The summed E-state index contributed by atoms with van der Waals surface area (Å²) in [6, 6.07) is 8.90. The van der Waals surface area contributed by atoms with Gasteiger partial charge in [0.05, 0.1) is 12.6 Å². The van der Waals surface area contributed by atoms with Gasteiger partial charge in [0.2, 0.25) is 0 Å². The average Bonchev–Trinajstić information content (AvgIpc) is 3.24. The molecule has 1 unspecified atom stereocenters. The van der Waals surface area contributed by atoms with Crippen molar-refractivity contribution in [3.05, 3.63) is 76.4 Å². The summed E-state index contributed by atoms with van der Waals surface area (Å²) in [5, 5.41) is 17.7. The van der Waals surface area contributed by atoms with Gasteiger partial charge in [-0.3, -0.25) is 4.57 Å². The van der Waals surface area contributed by atoms with E-state index in [-0.39, 0.29) is 30.5 Å². The van der Waals surface area contributed by atoms with Gasteiger partial charge in [-0.05, 0) is 42.3 Å². The van der Waals surface area contributed by atoms with Gasteiger partial charge in [-0.1, -0.05) is 29.3 Å². The van der Waals surface area contributed by atoms with Crippen LogP contribution in [0.2, 0.25) is 10.0 Å². The molecule has 0 amide bonds. The number of rotatable bonds is 7. The van der Waals surface area contributed by atoms with Crippen LogP contribution in [0.3, 0.4) is 0 Å². The van der Waals surface area contributed by atoms with Crippen LogP contribution in [0, 0.1) is 0 Å². The number of halogens is 3. The molecule has 0 saturated heterocycles. The summed E-state index contributed by atoms with van der Waals surface area (Å²) in [7, 11) is 0. The smallest absolute Gasteiger partial charge is 0.191 e. The first-order valence-corrected chi connectivity index (χ1v) is 9.90. The number of aromatic nitrogens is 3. The third-order valence-corrected chi connectivity index (χ3v) is 4.51. The Morgan fingerprint density at radius 2 is 1.97 bits per heavy atom. The van der Waals surface area contributed by atoms with Gasteiger partial charge in [0, 0.05) is 41.7 Å². The van der Waals surface area contributed by atoms with Crippen LogP contribution in [0.25, 0.3) is 5.82 Å². The number of hydrogen-bond acceptors (Lipinski definition) is 4. The van der Waals surface area contributed by atoms with Crippen molar-refractivity contribution in [2.45, 2.75) is 19.6 Å². The second-order valence-corrected chi connectivity index (χ2v) is 7.16. The molecule has 0 aliphatic heterocycles. The molecule has 0 aliphatic carbocycles. The van der Waals surface area contributed by atoms with E-state index in [2.05, 4.69) is 25.6 Å². The van der Waals surface area contributed by atoms with Crippen molar-refractivity contribution in [3.63, 3.8) is 0 Å². The van der Waals surface area contributed by atoms with Crippen LogP contribution < -0.4 is 10.6 Å². The standard InChI is InChI=1S/C20H22Cl2N6O.HI/c1-2-24-20(27-12-18(29)15-7-16(21)9-17(22)8-15)26-11-14-3-4-19(25-10-14)28-6-5-23-13-28;/h3-10,13,18,29H,2,11-12H2,1H3,(H2,24,26,27);1H. The van der Waals surface area contributed by atoms with Gasteiger partial charge < -0.3 is 15.7 Å². The van der Waals surface area contributed by atoms with Crippen molar-refractivity contribution in [2.75, 3.05) is 13.1 Å². The Morgan fingerprint density at radius 1 is 1.20 bits per heavy atom. The predicted octanol–water partition coefficient (Wildman–Crippen LogP) is 3.98. The summed E-state index contributed by atoms with van der Waals surface area (Å²) < 4.78 is 1.84. The number of imidazole rings is 1. The Balaban J connectivity index is 0.00000320. The molecule has 0 aliphatic rings. The average molecular weight is 561 g/mol. The molecule has 3 rings (SSSR count). The highest BCUT2D eigenvalue weighted by Crippen LogP contribution is 2.23. The molecule has 0 radical (unpaired) electrons. The Kier molecular flexibility index (Phi) is 9.83.